The van der Waals surface area contributed by atoms with E-state index in [4.69, 9.17) is 14.2 Å². The van der Waals surface area contributed by atoms with Crippen LogP contribution in [0.4, 0.5) is 0 Å². The van der Waals surface area contributed by atoms with E-state index in [9.17, 15) is 4.79 Å². The van der Waals surface area contributed by atoms with Crippen molar-refractivity contribution in [1.29, 1.82) is 0 Å². The van der Waals surface area contributed by atoms with Crippen molar-refractivity contribution in [3.8, 4) is 11.5 Å². The lowest BCUT2D eigenvalue weighted by atomic mass is 10.2. The van der Waals surface area contributed by atoms with Gasteiger partial charge in [-0.1, -0.05) is 30.3 Å². The smallest absolute Gasteiger partial charge is 0.357 e. The van der Waals surface area contributed by atoms with Crippen molar-refractivity contribution in [3.63, 3.8) is 0 Å². The van der Waals surface area contributed by atoms with Gasteiger partial charge in [0.05, 0.1) is 6.61 Å². The molecule has 3 rings (SSSR count). The second-order valence-electron chi connectivity index (χ2n) is 5.97. The zero-order chi connectivity index (χ0) is 20.5. The Bertz CT molecular complexity index is 952. The van der Waals surface area contributed by atoms with Gasteiger partial charge >= 0.3 is 5.97 Å². The van der Waals surface area contributed by atoms with Gasteiger partial charge in [-0.15, -0.1) is 5.10 Å². The summed E-state index contributed by atoms with van der Waals surface area (Å²) in [5, 5.41) is 11.3. The molecule has 0 bridgehead atoms. The minimum atomic E-state index is -0.542. The molecule has 1 heterocycles. The number of hydrogen-bond acceptors (Lipinski definition) is 7. The average Bonchev–Trinajstić information content (AvgIpc) is 3.17. The molecule has 8 heteroatoms. The number of aromatic nitrogens is 4. The fourth-order valence-electron chi connectivity index (χ4n) is 2.53. The Morgan fingerprint density at radius 1 is 1.00 bits per heavy atom. The first-order valence-corrected chi connectivity index (χ1v) is 9.22. The molecule has 0 aliphatic rings. The van der Waals surface area contributed by atoms with E-state index in [0.717, 1.165) is 11.3 Å². The Morgan fingerprint density at radius 3 is 2.31 bits per heavy atom. The van der Waals surface area contributed by atoms with E-state index in [2.05, 4.69) is 15.5 Å². The number of nitrogens with zero attached hydrogens (tertiary/aromatic N) is 4. The molecule has 0 N–H and O–H groups in total. The Kier molecular flexibility index (Phi) is 6.94. The van der Waals surface area contributed by atoms with Crippen LogP contribution in [0.15, 0.2) is 54.6 Å². The molecule has 0 saturated heterocycles. The minimum Gasteiger partial charge on any atom is -0.494 e. The highest BCUT2D eigenvalue weighted by Gasteiger charge is 2.17. The quantitative estimate of drug-likeness (QED) is 0.313. The van der Waals surface area contributed by atoms with Crippen LogP contribution in [-0.2, 0) is 9.53 Å². The normalized spacial score (nSPS) is 11.2. The highest BCUT2D eigenvalue weighted by atomic mass is 16.6. The second-order valence-corrected chi connectivity index (χ2v) is 5.97. The Hall–Kier alpha value is -3.68. The minimum absolute atomic E-state index is 0.0827. The molecule has 1 aromatic heterocycles. The van der Waals surface area contributed by atoms with Crippen LogP contribution < -0.4 is 9.47 Å². The summed E-state index contributed by atoms with van der Waals surface area (Å²) in [6, 6.07) is 16.7. The Labute approximate surface area is 168 Å². The van der Waals surface area contributed by atoms with Crippen molar-refractivity contribution in [2.75, 3.05) is 19.8 Å². The number of carbonyl (C=O) groups is 1. The molecule has 29 heavy (non-hydrogen) atoms. The van der Waals surface area contributed by atoms with Crippen LogP contribution in [0.2, 0.25) is 0 Å². The van der Waals surface area contributed by atoms with Gasteiger partial charge in [0.15, 0.2) is 11.5 Å². The molecule has 0 spiro atoms. The van der Waals surface area contributed by atoms with E-state index in [-0.39, 0.29) is 18.9 Å². The van der Waals surface area contributed by atoms with Crippen molar-refractivity contribution >= 4 is 17.7 Å². The molecular formula is C21H22N4O4. The number of carbonyl (C=O) groups excluding carboxylic acids is 1. The summed E-state index contributed by atoms with van der Waals surface area (Å²) >= 11 is 0. The number of aryl methyl sites for hydroxylation is 1. The van der Waals surface area contributed by atoms with Crippen molar-refractivity contribution in [1.82, 2.24) is 20.2 Å². The average molecular weight is 394 g/mol. The number of hydrogen-bond donors (Lipinski definition) is 0. The van der Waals surface area contributed by atoms with Gasteiger partial charge in [-0.2, -0.15) is 4.68 Å². The van der Waals surface area contributed by atoms with E-state index in [1.807, 2.05) is 49.4 Å². The molecule has 0 fully saturated rings. The van der Waals surface area contributed by atoms with Crippen LogP contribution >= 0.6 is 0 Å². The second kappa shape index (κ2) is 10.0. The van der Waals surface area contributed by atoms with E-state index < -0.39 is 5.97 Å². The molecule has 0 aliphatic carbocycles. The fraction of sp³-hybridized carbons (Fsp3) is 0.238. The maximum Gasteiger partial charge on any atom is 0.357 e. The van der Waals surface area contributed by atoms with E-state index in [0.29, 0.717) is 18.2 Å². The first-order valence-electron chi connectivity index (χ1n) is 9.22. The number of ether oxygens (including phenoxy) is 3. The molecule has 8 nitrogen and oxygen atoms in total. The van der Waals surface area contributed by atoms with Crippen molar-refractivity contribution in [3.05, 3.63) is 66.0 Å². The molecule has 0 radical (unpaired) electrons. The predicted octanol–water partition coefficient (Wildman–Crippen LogP) is 3.00. The summed E-state index contributed by atoms with van der Waals surface area (Å²) in [6.45, 7) is 4.54. The van der Waals surface area contributed by atoms with Crippen LogP contribution in [0.1, 0.15) is 18.3 Å². The third kappa shape index (κ3) is 5.65. The Balaban J connectivity index is 1.60. The third-order valence-corrected chi connectivity index (χ3v) is 3.89. The summed E-state index contributed by atoms with van der Waals surface area (Å²) in [5.74, 6) is 1.38. The van der Waals surface area contributed by atoms with Crippen LogP contribution in [0.5, 0.6) is 11.5 Å². The number of esters is 1. The van der Waals surface area contributed by atoms with Crippen LogP contribution in [0.25, 0.3) is 11.8 Å². The molecule has 0 aliphatic heterocycles. The molecule has 3 aromatic rings. The maximum atomic E-state index is 12.6. The topological polar surface area (TPSA) is 88.4 Å². The van der Waals surface area contributed by atoms with Crippen molar-refractivity contribution in [2.45, 2.75) is 13.8 Å². The third-order valence-electron chi connectivity index (χ3n) is 3.89. The largest absolute Gasteiger partial charge is 0.494 e. The lowest BCUT2D eigenvalue weighted by Gasteiger charge is -2.10. The van der Waals surface area contributed by atoms with Gasteiger partial charge in [0.1, 0.15) is 24.7 Å². The lowest BCUT2D eigenvalue weighted by molar-refractivity contribution is -0.137. The van der Waals surface area contributed by atoms with Gasteiger partial charge in [-0.05, 0) is 60.2 Å². The highest BCUT2D eigenvalue weighted by molar-refractivity contribution is 6.15. The van der Waals surface area contributed by atoms with Gasteiger partial charge in [-0.25, -0.2) is 4.79 Å². The van der Waals surface area contributed by atoms with Crippen LogP contribution in [0, 0.1) is 6.92 Å². The van der Waals surface area contributed by atoms with E-state index >= 15 is 0 Å². The van der Waals surface area contributed by atoms with Crippen molar-refractivity contribution < 1.29 is 19.0 Å². The zero-order valence-corrected chi connectivity index (χ0v) is 16.3. The number of benzene rings is 2. The summed E-state index contributed by atoms with van der Waals surface area (Å²) in [7, 11) is 0. The first-order chi connectivity index (χ1) is 14.2. The molecule has 0 atom stereocenters. The van der Waals surface area contributed by atoms with Gasteiger partial charge in [0.25, 0.3) is 0 Å². The monoisotopic (exact) mass is 394 g/mol. The number of tetrazole rings is 1. The van der Waals surface area contributed by atoms with Crippen LogP contribution in [-0.4, -0.2) is 46.0 Å². The van der Waals surface area contributed by atoms with Gasteiger partial charge in [0.2, 0.25) is 0 Å². The van der Waals surface area contributed by atoms with E-state index in [1.165, 1.54) is 4.68 Å². The van der Waals surface area contributed by atoms with Gasteiger partial charge in [-0.3, -0.25) is 0 Å². The molecule has 0 amide bonds. The van der Waals surface area contributed by atoms with Crippen molar-refractivity contribution in [2.24, 2.45) is 0 Å². The first kappa shape index (κ1) is 20.1. The summed E-state index contributed by atoms with van der Waals surface area (Å²) in [5.41, 5.74) is 1.06. The number of rotatable bonds is 9. The molecule has 0 unspecified atom stereocenters. The molecular weight excluding hydrogens is 372 g/mol. The lowest BCUT2D eigenvalue weighted by Crippen LogP contribution is -2.18. The molecule has 0 saturated carbocycles. The highest BCUT2D eigenvalue weighted by Crippen LogP contribution is 2.18. The molecule has 150 valence electrons. The zero-order valence-electron chi connectivity index (χ0n) is 16.3. The van der Waals surface area contributed by atoms with Gasteiger partial charge < -0.3 is 14.2 Å². The summed E-state index contributed by atoms with van der Waals surface area (Å²) in [6.07, 6.45) is 1.68. The van der Waals surface area contributed by atoms with Crippen LogP contribution in [0.3, 0.4) is 0 Å². The molecule has 2 aromatic carbocycles. The standard InChI is InChI=1S/C21H22N4O4/c1-3-27-18-9-11-19(12-10-18)28-13-14-29-21(26)20(25-16(2)22-23-24-25)15-17-7-5-4-6-8-17/h4-12,15H,3,13-14H2,1-2H3/b20-15-. The summed E-state index contributed by atoms with van der Waals surface area (Å²) in [4.78, 5) is 12.6. The predicted molar refractivity (Wildman–Crippen MR) is 107 cm³/mol. The maximum absolute atomic E-state index is 12.6. The summed E-state index contributed by atoms with van der Waals surface area (Å²) < 4.78 is 17.7. The van der Waals surface area contributed by atoms with E-state index in [1.54, 1.807) is 25.1 Å². The Morgan fingerprint density at radius 2 is 1.69 bits per heavy atom. The SMILES string of the molecule is CCOc1ccc(OCCOC(=O)/C(=C/c2ccccc2)n2nnnc2C)cc1. The fourth-order valence-corrected chi connectivity index (χ4v) is 2.53. The van der Waals surface area contributed by atoms with Gasteiger partial charge in [0, 0.05) is 0 Å².